The van der Waals surface area contributed by atoms with Crippen LogP contribution in [0.1, 0.15) is 28.9 Å². The molecule has 0 fully saturated rings. The number of carbonyl (C=O) groups is 1. The Labute approximate surface area is 92.9 Å². The van der Waals surface area contributed by atoms with Crippen molar-refractivity contribution in [2.24, 2.45) is 0 Å². The molecule has 0 bridgehead atoms. The minimum absolute atomic E-state index is 0.155. The van der Waals surface area contributed by atoms with Crippen LogP contribution < -0.4 is 0 Å². The fourth-order valence-electron chi connectivity index (χ4n) is 1.25. The topological polar surface area (TPSA) is 59.4 Å². The molecule has 1 rings (SSSR count). The molecule has 1 N–H and O–H groups in total. The summed E-state index contributed by atoms with van der Waals surface area (Å²) in [4.78, 5) is 15.9. The lowest BCUT2D eigenvalue weighted by Gasteiger charge is -1.98. The van der Waals surface area contributed by atoms with Crippen molar-refractivity contribution in [2.45, 2.75) is 32.8 Å². The van der Waals surface area contributed by atoms with Gasteiger partial charge in [-0.05, 0) is 12.8 Å². The molecule has 0 aliphatic rings. The molecule has 0 unspecified atom stereocenters. The molecule has 0 aromatic carbocycles. The fraction of sp³-hybridized carbons (Fsp3) is 0.600. The summed E-state index contributed by atoms with van der Waals surface area (Å²) in [6, 6.07) is 0. The highest BCUT2D eigenvalue weighted by atomic mass is 32.1. The maximum atomic E-state index is 10.5. The molecule has 0 saturated carbocycles. The third-order valence-corrected chi connectivity index (χ3v) is 3.27. The van der Waals surface area contributed by atoms with Crippen molar-refractivity contribution < 1.29 is 14.6 Å². The van der Waals surface area contributed by atoms with Crippen molar-refractivity contribution >= 4 is 17.3 Å². The SMILES string of the molecule is CCc1nc(COC)c(CCC(=O)O)s1. The van der Waals surface area contributed by atoms with Gasteiger partial charge in [-0.25, -0.2) is 4.98 Å². The molecular weight excluding hydrogens is 214 g/mol. The van der Waals surface area contributed by atoms with Crippen molar-refractivity contribution in [3.05, 3.63) is 15.6 Å². The number of thiazole rings is 1. The predicted molar refractivity (Wildman–Crippen MR) is 58.2 cm³/mol. The first kappa shape index (κ1) is 12.1. The number of carboxylic acids is 1. The summed E-state index contributed by atoms with van der Waals surface area (Å²) in [6.45, 7) is 2.50. The summed E-state index contributed by atoms with van der Waals surface area (Å²) in [5, 5.41) is 9.66. The van der Waals surface area contributed by atoms with Crippen LogP contribution in [0, 0.1) is 0 Å². The van der Waals surface area contributed by atoms with Gasteiger partial charge in [0.15, 0.2) is 0 Å². The molecule has 1 heterocycles. The molecule has 0 spiro atoms. The Morgan fingerprint density at radius 3 is 2.87 bits per heavy atom. The summed E-state index contributed by atoms with van der Waals surface area (Å²) in [5.41, 5.74) is 0.889. The van der Waals surface area contributed by atoms with Crippen LogP contribution in [0.2, 0.25) is 0 Å². The normalized spacial score (nSPS) is 10.5. The van der Waals surface area contributed by atoms with Crippen molar-refractivity contribution in [3.63, 3.8) is 0 Å². The third kappa shape index (κ3) is 3.60. The van der Waals surface area contributed by atoms with Gasteiger partial charge in [-0.1, -0.05) is 6.92 Å². The molecule has 0 radical (unpaired) electrons. The summed E-state index contributed by atoms with van der Waals surface area (Å²) >= 11 is 1.59. The van der Waals surface area contributed by atoms with E-state index in [0.29, 0.717) is 13.0 Å². The van der Waals surface area contributed by atoms with Gasteiger partial charge in [0.25, 0.3) is 0 Å². The van der Waals surface area contributed by atoms with Crippen LogP contribution in [0.15, 0.2) is 0 Å². The summed E-state index contributed by atoms with van der Waals surface area (Å²) in [5.74, 6) is -0.773. The van der Waals surface area contributed by atoms with Gasteiger partial charge < -0.3 is 9.84 Å². The van der Waals surface area contributed by atoms with Crippen molar-refractivity contribution in [1.29, 1.82) is 0 Å². The van der Waals surface area contributed by atoms with E-state index in [1.807, 2.05) is 6.92 Å². The van der Waals surface area contributed by atoms with Crippen LogP contribution >= 0.6 is 11.3 Å². The number of aromatic nitrogens is 1. The smallest absolute Gasteiger partial charge is 0.303 e. The van der Waals surface area contributed by atoms with Gasteiger partial charge in [0.2, 0.25) is 0 Å². The quantitative estimate of drug-likeness (QED) is 0.809. The third-order valence-electron chi connectivity index (χ3n) is 1.97. The van der Waals surface area contributed by atoms with Crippen LogP contribution in [0.25, 0.3) is 0 Å². The molecule has 0 saturated heterocycles. The van der Waals surface area contributed by atoms with Gasteiger partial charge >= 0.3 is 5.97 Å². The van der Waals surface area contributed by atoms with Crippen LogP contribution in [0.5, 0.6) is 0 Å². The average Bonchev–Trinajstić information content (AvgIpc) is 2.58. The van der Waals surface area contributed by atoms with Gasteiger partial charge in [-0.15, -0.1) is 11.3 Å². The van der Waals surface area contributed by atoms with Crippen molar-refractivity contribution in [1.82, 2.24) is 4.98 Å². The average molecular weight is 229 g/mol. The first-order valence-corrected chi connectivity index (χ1v) is 5.67. The number of carboxylic acid groups (broad SMARTS) is 1. The molecule has 1 aromatic rings. The second kappa shape index (κ2) is 5.82. The molecule has 84 valence electrons. The van der Waals surface area contributed by atoms with Gasteiger partial charge in [0, 0.05) is 12.0 Å². The number of aliphatic carboxylic acids is 1. The highest BCUT2D eigenvalue weighted by Crippen LogP contribution is 2.21. The molecule has 1 aromatic heterocycles. The first-order chi connectivity index (χ1) is 7.17. The summed E-state index contributed by atoms with van der Waals surface area (Å²) < 4.78 is 5.03. The van der Waals surface area contributed by atoms with Crippen LogP contribution in [-0.2, 0) is 29.0 Å². The second-order valence-corrected chi connectivity index (χ2v) is 4.33. The summed E-state index contributed by atoms with van der Waals surface area (Å²) in [6.07, 6.45) is 1.59. The highest BCUT2D eigenvalue weighted by Gasteiger charge is 2.11. The number of rotatable bonds is 6. The number of nitrogens with zero attached hydrogens (tertiary/aromatic N) is 1. The first-order valence-electron chi connectivity index (χ1n) is 4.85. The lowest BCUT2D eigenvalue weighted by molar-refractivity contribution is -0.136. The van der Waals surface area contributed by atoms with Crippen LogP contribution in [0.4, 0.5) is 0 Å². The molecule has 0 aliphatic heterocycles. The molecular formula is C10H15NO3S. The van der Waals surface area contributed by atoms with Crippen molar-refractivity contribution in [2.75, 3.05) is 7.11 Å². The lowest BCUT2D eigenvalue weighted by Crippen LogP contribution is -1.99. The van der Waals surface area contributed by atoms with Gasteiger partial charge in [-0.2, -0.15) is 0 Å². The van der Waals surface area contributed by atoms with Gasteiger partial charge in [0.1, 0.15) is 0 Å². The highest BCUT2D eigenvalue weighted by molar-refractivity contribution is 7.11. The Kier molecular flexibility index (Phi) is 4.71. The number of ether oxygens (including phenoxy) is 1. The zero-order valence-corrected chi connectivity index (χ0v) is 9.76. The maximum Gasteiger partial charge on any atom is 0.303 e. The standard InChI is InChI=1S/C10H15NO3S/c1-3-9-11-7(6-14-2)8(15-9)4-5-10(12)13/h3-6H2,1-2H3,(H,12,13). The number of aryl methyl sites for hydroxylation is 2. The second-order valence-electron chi connectivity index (χ2n) is 3.16. The van der Waals surface area contributed by atoms with E-state index in [2.05, 4.69) is 4.98 Å². The van der Waals surface area contributed by atoms with E-state index in [0.717, 1.165) is 22.0 Å². The van der Waals surface area contributed by atoms with E-state index in [4.69, 9.17) is 9.84 Å². The number of hydrogen-bond donors (Lipinski definition) is 1. The van der Waals surface area contributed by atoms with E-state index >= 15 is 0 Å². The van der Waals surface area contributed by atoms with E-state index in [1.165, 1.54) is 0 Å². The zero-order valence-electron chi connectivity index (χ0n) is 8.95. The van der Waals surface area contributed by atoms with E-state index in [9.17, 15) is 4.79 Å². The lowest BCUT2D eigenvalue weighted by atomic mass is 10.2. The minimum atomic E-state index is -0.773. The molecule has 5 heteroatoms. The summed E-state index contributed by atoms with van der Waals surface area (Å²) in [7, 11) is 1.62. The maximum absolute atomic E-state index is 10.5. The molecule has 0 aliphatic carbocycles. The Hall–Kier alpha value is -0.940. The van der Waals surface area contributed by atoms with E-state index in [1.54, 1.807) is 18.4 Å². The number of methoxy groups -OCH3 is 1. The Bertz CT molecular complexity index is 335. The Morgan fingerprint density at radius 1 is 1.60 bits per heavy atom. The monoisotopic (exact) mass is 229 g/mol. The molecule has 15 heavy (non-hydrogen) atoms. The van der Waals surface area contributed by atoms with Gasteiger partial charge in [-0.3, -0.25) is 4.79 Å². The van der Waals surface area contributed by atoms with E-state index < -0.39 is 5.97 Å². The Balaban J connectivity index is 2.73. The fourth-order valence-corrected chi connectivity index (χ4v) is 2.26. The molecule has 0 atom stereocenters. The van der Waals surface area contributed by atoms with Crippen molar-refractivity contribution in [3.8, 4) is 0 Å². The minimum Gasteiger partial charge on any atom is -0.481 e. The van der Waals surface area contributed by atoms with Gasteiger partial charge in [0.05, 0.1) is 23.7 Å². The van der Waals surface area contributed by atoms with Crippen LogP contribution in [0.3, 0.4) is 0 Å². The largest absolute Gasteiger partial charge is 0.481 e. The molecule has 0 amide bonds. The van der Waals surface area contributed by atoms with Crippen LogP contribution in [-0.4, -0.2) is 23.2 Å². The predicted octanol–water partition coefficient (Wildman–Crippen LogP) is 1.87. The Morgan fingerprint density at radius 2 is 2.33 bits per heavy atom. The van der Waals surface area contributed by atoms with E-state index in [-0.39, 0.29) is 6.42 Å². The number of hydrogen-bond acceptors (Lipinski definition) is 4. The zero-order chi connectivity index (χ0) is 11.3. The molecule has 4 nitrogen and oxygen atoms in total.